The fraction of sp³-hybridized carbons (Fsp3) is 0.150. The summed E-state index contributed by atoms with van der Waals surface area (Å²) in [5.41, 5.74) is 1.72. The number of hydrogen-bond acceptors (Lipinski definition) is 3. The quantitative estimate of drug-likeness (QED) is 0.629. The molecule has 0 aliphatic heterocycles. The number of benzene rings is 2. The van der Waals surface area contributed by atoms with E-state index in [1.807, 2.05) is 60.7 Å². The Morgan fingerprint density at radius 3 is 2.19 bits per heavy atom. The number of rotatable bonds is 8. The minimum Gasteiger partial charge on any atom is -0.480 e. The van der Waals surface area contributed by atoms with Crippen LogP contribution in [0.3, 0.4) is 0 Å². The van der Waals surface area contributed by atoms with Gasteiger partial charge in [-0.05, 0) is 17.2 Å². The van der Waals surface area contributed by atoms with Crippen molar-refractivity contribution in [1.82, 2.24) is 10.6 Å². The lowest BCUT2D eigenvalue weighted by atomic mass is 10.1. The highest BCUT2D eigenvalue weighted by Crippen LogP contribution is 2.05. The summed E-state index contributed by atoms with van der Waals surface area (Å²) in [5, 5.41) is 13.6. The van der Waals surface area contributed by atoms with Crippen LogP contribution in [0.4, 0.5) is 0 Å². The van der Waals surface area contributed by atoms with Gasteiger partial charge in [-0.25, -0.2) is 0 Å². The first kappa shape index (κ1) is 18.9. The number of amides is 2. The summed E-state index contributed by atoms with van der Waals surface area (Å²) in [4.78, 5) is 35.1. The molecule has 0 fully saturated rings. The predicted molar refractivity (Wildman–Crippen MR) is 98.2 cm³/mol. The van der Waals surface area contributed by atoms with Crippen molar-refractivity contribution in [2.24, 2.45) is 0 Å². The van der Waals surface area contributed by atoms with Crippen LogP contribution in [0.2, 0.25) is 0 Å². The van der Waals surface area contributed by atoms with Crippen LogP contribution in [0.25, 0.3) is 6.08 Å². The topological polar surface area (TPSA) is 95.5 Å². The van der Waals surface area contributed by atoms with E-state index in [-0.39, 0.29) is 6.42 Å². The van der Waals surface area contributed by atoms with Gasteiger partial charge in [0, 0.05) is 12.5 Å². The van der Waals surface area contributed by atoms with E-state index in [1.54, 1.807) is 6.08 Å². The Morgan fingerprint density at radius 2 is 1.58 bits per heavy atom. The summed E-state index contributed by atoms with van der Waals surface area (Å²) in [6.07, 6.45) is 3.25. The van der Waals surface area contributed by atoms with Gasteiger partial charge in [0.15, 0.2) is 0 Å². The van der Waals surface area contributed by atoms with Crippen LogP contribution in [-0.4, -0.2) is 35.5 Å². The molecule has 0 aromatic heterocycles. The molecule has 0 aliphatic carbocycles. The molecule has 2 rings (SSSR count). The average Bonchev–Trinajstić information content (AvgIpc) is 2.65. The van der Waals surface area contributed by atoms with Crippen molar-refractivity contribution >= 4 is 23.9 Å². The van der Waals surface area contributed by atoms with Crippen LogP contribution in [0, 0.1) is 0 Å². The van der Waals surface area contributed by atoms with Crippen molar-refractivity contribution in [2.45, 2.75) is 12.5 Å². The van der Waals surface area contributed by atoms with Gasteiger partial charge in [-0.1, -0.05) is 60.7 Å². The van der Waals surface area contributed by atoms with Gasteiger partial charge in [-0.2, -0.15) is 0 Å². The third-order valence-electron chi connectivity index (χ3n) is 3.56. The number of carboxylic acids is 1. The Bertz CT molecular complexity index is 773. The molecule has 0 aliphatic rings. The molecule has 2 amide bonds. The molecule has 2 aromatic rings. The highest BCUT2D eigenvalue weighted by molar-refractivity contribution is 5.96. The summed E-state index contributed by atoms with van der Waals surface area (Å²) >= 11 is 0. The fourth-order valence-electron chi connectivity index (χ4n) is 2.30. The largest absolute Gasteiger partial charge is 0.480 e. The lowest BCUT2D eigenvalue weighted by Gasteiger charge is -2.17. The number of nitrogens with one attached hydrogen (secondary N) is 2. The first-order valence-electron chi connectivity index (χ1n) is 8.11. The second-order valence-electron chi connectivity index (χ2n) is 5.61. The molecule has 2 aromatic carbocycles. The van der Waals surface area contributed by atoms with Crippen molar-refractivity contribution in [1.29, 1.82) is 0 Å². The van der Waals surface area contributed by atoms with Crippen LogP contribution in [-0.2, 0) is 20.8 Å². The molecular formula is C20H20N2O4. The van der Waals surface area contributed by atoms with E-state index >= 15 is 0 Å². The maximum atomic E-state index is 12.2. The van der Waals surface area contributed by atoms with Crippen molar-refractivity contribution in [3.63, 3.8) is 0 Å². The molecule has 1 atom stereocenters. The van der Waals surface area contributed by atoms with Crippen LogP contribution >= 0.6 is 0 Å². The van der Waals surface area contributed by atoms with E-state index < -0.39 is 30.4 Å². The second-order valence-corrected chi connectivity index (χ2v) is 5.61. The fourth-order valence-corrected chi connectivity index (χ4v) is 2.30. The lowest BCUT2D eigenvalue weighted by molar-refractivity contribution is -0.138. The molecule has 6 nitrogen and oxygen atoms in total. The molecule has 0 spiro atoms. The highest BCUT2D eigenvalue weighted by Gasteiger charge is 2.20. The highest BCUT2D eigenvalue weighted by atomic mass is 16.4. The number of carbonyl (C=O) groups excluding carboxylic acids is 2. The van der Waals surface area contributed by atoms with Crippen molar-refractivity contribution in [3.8, 4) is 0 Å². The van der Waals surface area contributed by atoms with E-state index in [0.29, 0.717) is 0 Å². The summed E-state index contributed by atoms with van der Waals surface area (Å²) in [6.45, 7) is -0.500. The summed E-state index contributed by atoms with van der Waals surface area (Å²) in [6, 6.07) is 17.6. The van der Waals surface area contributed by atoms with Crippen LogP contribution < -0.4 is 10.6 Å². The normalized spacial score (nSPS) is 11.7. The summed E-state index contributed by atoms with van der Waals surface area (Å²) < 4.78 is 0. The molecule has 1 unspecified atom stereocenters. The monoisotopic (exact) mass is 352 g/mol. The SMILES string of the molecule is O=C(O)CNC(=O)C(Cc1ccccc1)NC(=O)C=Cc1ccccc1. The Morgan fingerprint density at radius 1 is 0.962 bits per heavy atom. The minimum atomic E-state index is -1.15. The van der Waals surface area contributed by atoms with Crippen molar-refractivity contribution in [2.75, 3.05) is 6.54 Å². The Balaban J connectivity index is 2.04. The maximum Gasteiger partial charge on any atom is 0.322 e. The van der Waals surface area contributed by atoms with Gasteiger partial charge in [-0.3, -0.25) is 14.4 Å². The number of carbonyl (C=O) groups is 3. The molecule has 0 heterocycles. The number of hydrogen-bond donors (Lipinski definition) is 3. The van der Waals surface area contributed by atoms with Crippen molar-refractivity contribution < 1.29 is 19.5 Å². The van der Waals surface area contributed by atoms with E-state index in [1.165, 1.54) is 6.08 Å². The van der Waals surface area contributed by atoms with Gasteiger partial charge in [0.2, 0.25) is 11.8 Å². The molecular weight excluding hydrogens is 332 g/mol. The van der Waals surface area contributed by atoms with Gasteiger partial charge < -0.3 is 15.7 Å². The van der Waals surface area contributed by atoms with Crippen molar-refractivity contribution in [3.05, 3.63) is 77.9 Å². The lowest BCUT2D eigenvalue weighted by Crippen LogP contribution is -2.48. The summed E-state index contributed by atoms with van der Waals surface area (Å²) in [5.74, 6) is -2.12. The minimum absolute atomic E-state index is 0.261. The molecule has 134 valence electrons. The van der Waals surface area contributed by atoms with Crippen LogP contribution in [0.1, 0.15) is 11.1 Å². The molecule has 0 saturated carbocycles. The maximum absolute atomic E-state index is 12.2. The van der Waals surface area contributed by atoms with Gasteiger partial charge in [-0.15, -0.1) is 0 Å². The zero-order chi connectivity index (χ0) is 18.8. The van der Waals surface area contributed by atoms with Gasteiger partial charge in [0.25, 0.3) is 0 Å². The first-order chi connectivity index (χ1) is 12.5. The summed E-state index contributed by atoms with van der Waals surface area (Å²) in [7, 11) is 0. The molecule has 0 saturated heterocycles. The Hall–Kier alpha value is -3.41. The van der Waals surface area contributed by atoms with E-state index in [2.05, 4.69) is 10.6 Å². The van der Waals surface area contributed by atoms with Gasteiger partial charge in [0.05, 0.1) is 0 Å². The molecule has 0 radical (unpaired) electrons. The average molecular weight is 352 g/mol. The number of aliphatic carboxylic acids is 1. The molecule has 0 bridgehead atoms. The van der Waals surface area contributed by atoms with E-state index in [9.17, 15) is 14.4 Å². The Kier molecular flexibility index (Phi) is 7.12. The molecule has 3 N–H and O–H groups in total. The smallest absolute Gasteiger partial charge is 0.322 e. The standard InChI is InChI=1S/C20H20N2O4/c23-18(12-11-15-7-3-1-4-8-15)22-17(20(26)21-14-19(24)25)13-16-9-5-2-6-10-16/h1-12,17H,13-14H2,(H,21,26)(H,22,23)(H,24,25). The number of carboxylic acid groups (broad SMARTS) is 1. The Labute approximate surface area is 151 Å². The van der Waals surface area contributed by atoms with E-state index in [0.717, 1.165) is 11.1 Å². The molecule has 26 heavy (non-hydrogen) atoms. The molecule has 6 heteroatoms. The third kappa shape index (κ3) is 6.60. The van der Waals surface area contributed by atoms with Gasteiger partial charge in [0.1, 0.15) is 12.6 Å². The van der Waals surface area contributed by atoms with Crippen LogP contribution in [0.15, 0.2) is 66.7 Å². The third-order valence-corrected chi connectivity index (χ3v) is 3.56. The zero-order valence-corrected chi connectivity index (χ0v) is 14.1. The second kappa shape index (κ2) is 9.78. The zero-order valence-electron chi connectivity index (χ0n) is 14.1. The van der Waals surface area contributed by atoms with Crippen LogP contribution in [0.5, 0.6) is 0 Å². The first-order valence-corrected chi connectivity index (χ1v) is 8.11. The van der Waals surface area contributed by atoms with Gasteiger partial charge >= 0.3 is 5.97 Å². The predicted octanol–water partition coefficient (Wildman–Crippen LogP) is 1.63. The van der Waals surface area contributed by atoms with E-state index in [4.69, 9.17) is 5.11 Å².